The highest BCUT2D eigenvalue weighted by atomic mass is 16.1. The molecule has 0 amide bonds. The van der Waals surface area contributed by atoms with Crippen LogP contribution in [0.3, 0.4) is 0 Å². The molecule has 84 valence electrons. The highest BCUT2D eigenvalue weighted by Crippen LogP contribution is 2.29. The van der Waals surface area contributed by atoms with E-state index in [0.717, 1.165) is 17.7 Å². The molecular formula is C15H13NO. The molecule has 2 aliphatic heterocycles. The number of hydrogen-bond acceptors (Lipinski definition) is 2. The second-order valence-corrected chi connectivity index (χ2v) is 4.22. The summed E-state index contributed by atoms with van der Waals surface area (Å²) < 4.78 is 0. The zero-order chi connectivity index (χ0) is 11.7. The third kappa shape index (κ3) is 1.72. The van der Waals surface area contributed by atoms with Gasteiger partial charge in [0.15, 0.2) is 5.78 Å². The van der Waals surface area contributed by atoms with Crippen molar-refractivity contribution in [3.05, 3.63) is 72.0 Å². The molecule has 0 aromatic heterocycles. The summed E-state index contributed by atoms with van der Waals surface area (Å²) in [7, 11) is 0. The maximum Gasteiger partial charge on any atom is 0.185 e. The van der Waals surface area contributed by atoms with Crippen LogP contribution >= 0.6 is 0 Å². The van der Waals surface area contributed by atoms with E-state index in [-0.39, 0.29) is 11.8 Å². The lowest BCUT2D eigenvalue weighted by atomic mass is 9.93. The molecule has 0 saturated heterocycles. The Morgan fingerprint density at radius 2 is 2.06 bits per heavy atom. The predicted octanol–water partition coefficient (Wildman–Crippen LogP) is 2.87. The zero-order valence-electron chi connectivity index (χ0n) is 9.41. The summed E-state index contributed by atoms with van der Waals surface area (Å²) in [5.41, 5.74) is 1.89. The van der Waals surface area contributed by atoms with Crippen LogP contribution in [0.15, 0.2) is 60.8 Å². The number of fused-ring (bicyclic) bond motifs is 3. The highest BCUT2D eigenvalue weighted by molar-refractivity contribution is 6.05. The number of allylic oxidation sites excluding steroid dienone is 3. The van der Waals surface area contributed by atoms with Crippen molar-refractivity contribution in [2.24, 2.45) is 0 Å². The van der Waals surface area contributed by atoms with Gasteiger partial charge >= 0.3 is 0 Å². The first-order valence-corrected chi connectivity index (χ1v) is 5.77. The maximum absolute atomic E-state index is 12.0. The lowest BCUT2D eigenvalue weighted by molar-refractivity contribution is 0.104. The Balaban J connectivity index is 2.16. The first kappa shape index (κ1) is 10.1. The molecule has 0 radical (unpaired) electrons. The van der Waals surface area contributed by atoms with Gasteiger partial charge in [0.25, 0.3) is 0 Å². The van der Waals surface area contributed by atoms with Gasteiger partial charge in [0.05, 0.1) is 6.04 Å². The summed E-state index contributed by atoms with van der Waals surface area (Å²) in [5, 5.41) is 0. The van der Waals surface area contributed by atoms with Gasteiger partial charge in [-0.05, 0) is 17.7 Å². The summed E-state index contributed by atoms with van der Waals surface area (Å²) in [4.78, 5) is 14.2. The van der Waals surface area contributed by atoms with Crippen molar-refractivity contribution >= 4 is 5.78 Å². The van der Waals surface area contributed by atoms with Crippen LogP contribution < -0.4 is 0 Å². The lowest BCUT2D eigenvalue weighted by Gasteiger charge is -2.31. The van der Waals surface area contributed by atoms with E-state index < -0.39 is 0 Å². The Morgan fingerprint density at radius 1 is 1.18 bits per heavy atom. The van der Waals surface area contributed by atoms with E-state index in [4.69, 9.17) is 0 Å². The first-order chi connectivity index (χ1) is 8.36. The Kier molecular flexibility index (Phi) is 2.41. The largest absolute Gasteiger partial charge is 0.363 e. The summed E-state index contributed by atoms with van der Waals surface area (Å²) in [6.07, 6.45) is 11.9. The van der Waals surface area contributed by atoms with Crippen molar-refractivity contribution in [1.82, 2.24) is 4.90 Å². The number of ketones is 1. The standard InChI is InChI=1S/C15H13NO/c17-15-9-5-11-16-10-4-3-8-14(16)12-6-1-2-7-13(12)15/h1-10,14H,11H2/b9-5-. The average Bonchev–Trinajstić information content (AvgIpc) is 2.37. The molecule has 2 heterocycles. The predicted molar refractivity (Wildman–Crippen MR) is 67.6 cm³/mol. The maximum atomic E-state index is 12.0. The zero-order valence-corrected chi connectivity index (χ0v) is 9.41. The van der Waals surface area contributed by atoms with Crippen LogP contribution in [0.4, 0.5) is 0 Å². The molecule has 17 heavy (non-hydrogen) atoms. The molecule has 2 nitrogen and oxygen atoms in total. The molecule has 0 N–H and O–H groups in total. The van der Waals surface area contributed by atoms with Crippen LogP contribution in [0.2, 0.25) is 0 Å². The van der Waals surface area contributed by atoms with Gasteiger partial charge in [0, 0.05) is 18.3 Å². The average molecular weight is 223 g/mol. The Bertz CT molecular complexity index is 540. The molecule has 0 spiro atoms. The van der Waals surface area contributed by atoms with Gasteiger partial charge in [-0.25, -0.2) is 0 Å². The molecule has 0 aliphatic carbocycles. The Hall–Kier alpha value is -2.09. The number of hydrogen-bond donors (Lipinski definition) is 0. The molecule has 3 rings (SSSR count). The summed E-state index contributed by atoms with van der Waals surface area (Å²) in [6.45, 7) is 0.769. The van der Waals surface area contributed by atoms with Crippen LogP contribution in [-0.4, -0.2) is 17.2 Å². The van der Waals surface area contributed by atoms with Crippen molar-refractivity contribution in [3.8, 4) is 0 Å². The number of carbonyl (C=O) groups is 1. The Morgan fingerprint density at radius 3 is 3.00 bits per heavy atom. The van der Waals surface area contributed by atoms with E-state index in [1.807, 2.05) is 42.5 Å². The van der Waals surface area contributed by atoms with Gasteiger partial charge in [0.2, 0.25) is 0 Å². The molecule has 0 fully saturated rings. The number of carbonyl (C=O) groups excluding carboxylic acids is 1. The normalized spacial score (nSPS) is 23.6. The van der Waals surface area contributed by atoms with Crippen LogP contribution in [-0.2, 0) is 0 Å². The van der Waals surface area contributed by atoms with Crippen LogP contribution in [0, 0.1) is 0 Å². The monoisotopic (exact) mass is 223 g/mol. The van der Waals surface area contributed by atoms with E-state index in [1.54, 1.807) is 6.08 Å². The summed E-state index contributed by atoms with van der Waals surface area (Å²) >= 11 is 0. The fraction of sp³-hybridized carbons (Fsp3) is 0.133. The number of benzene rings is 1. The molecular weight excluding hydrogens is 210 g/mol. The molecule has 2 heteroatoms. The third-order valence-corrected chi connectivity index (χ3v) is 3.17. The first-order valence-electron chi connectivity index (χ1n) is 5.77. The minimum Gasteiger partial charge on any atom is -0.363 e. The van der Waals surface area contributed by atoms with Crippen molar-refractivity contribution in [3.63, 3.8) is 0 Å². The van der Waals surface area contributed by atoms with Gasteiger partial charge in [0.1, 0.15) is 0 Å². The van der Waals surface area contributed by atoms with Gasteiger partial charge in [-0.15, -0.1) is 0 Å². The van der Waals surface area contributed by atoms with E-state index in [0.29, 0.717) is 0 Å². The third-order valence-electron chi connectivity index (χ3n) is 3.17. The lowest BCUT2D eigenvalue weighted by Crippen LogP contribution is -2.26. The van der Waals surface area contributed by atoms with Gasteiger partial charge in [-0.3, -0.25) is 4.79 Å². The molecule has 1 aromatic rings. The van der Waals surface area contributed by atoms with Crippen LogP contribution in [0.5, 0.6) is 0 Å². The van der Waals surface area contributed by atoms with Crippen molar-refractivity contribution < 1.29 is 4.79 Å². The van der Waals surface area contributed by atoms with E-state index in [2.05, 4.69) is 17.2 Å². The number of rotatable bonds is 0. The van der Waals surface area contributed by atoms with Crippen LogP contribution in [0.1, 0.15) is 22.0 Å². The fourth-order valence-corrected chi connectivity index (χ4v) is 2.34. The van der Waals surface area contributed by atoms with E-state index in [9.17, 15) is 4.79 Å². The van der Waals surface area contributed by atoms with E-state index in [1.165, 1.54) is 0 Å². The highest BCUT2D eigenvalue weighted by Gasteiger charge is 2.22. The van der Waals surface area contributed by atoms with Crippen molar-refractivity contribution in [2.45, 2.75) is 6.04 Å². The smallest absolute Gasteiger partial charge is 0.185 e. The van der Waals surface area contributed by atoms with Gasteiger partial charge in [-0.2, -0.15) is 0 Å². The molecule has 1 unspecified atom stereocenters. The van der Waals surface area contributed by atoms with E-state index >= 15 is 0 Å². The molecule has 0 saturated carbocycles. The minimum absolute atomic E-state index is 0.100. The fourth-order valence-electron chi connectivity index (χ4n) is 2.34. The summed E-state index contributed by atoms with van der Waals surface area (Å²) in [5.74, 6) is 0.100. The van der Waals surface area contributed by atoms with Gasteiger partial charge in [-0.1, -0.05) is 42.5 Å². The molecule has 1 atom stereocenters. The van der Waals surface area contributed by atoms with Crippen molar-refractivity contribution in [2.75, 3.05) is 6.54 Å². The van der Waals surface area contributed by atoms with Crippen LogP contribution in [0.25, 0.3) is 0 Å². The summed E-state index contributed by atoms with van der Waals surface area (Å²) in [6, 6.07) is 8.01. The quantitative estimate of drug-likeness (QED) is 0.674. The molecule has 0 bridgehead atoms. The second-order valence-electron chi connectivity index (χ2n) is 4.22. The second kappa shape index (κ2) is 4.06. The topological polar surface area (TPSA) is 20.3 Å². The molecule has 1 aromatic carbocycles. The minimum atomic E-state index is 0.100. The Labute approximate surface area is 101 Å². The SMILES string of the molecule is O=C1/C=C\CN2C=CC=CC2c2ccccc21. The molecule has 2 aliphatic rings. The van der Waals surface area contributed by atoms with Crippen molar-refractivity contribution in [1.29, 1.82) is 0 Å². The number of nitrogens with zero attached hydrogens (tertiary/aromatic N) is 1. The van der Waals surface area contributed by atoms with Gasteiger partial charge < -0.3 is 4.90 Å².